The molecule has 0 aliphatic carbocycles. The van der Waals surface area contributed by atoms with Crippen LogP contribution in [0.25, 0.3) is 0 Å². The van der Waals surface area contributed by atoms with Gasteiger partial charge in [0.1, 0.15) is 6.10 Å². The van der Waals surface area contributed by atoms with Crippen molar-refractivity contribution in [1.82, 2.24) is 4.90 Å². The van der Waals surface area contributed by atoms with E-state index in [1.807, 2.05) is 0 Å². The number of fused-ring (bicyclic) bond motifs is 1. The molecule has 3 nitrogen and oxygen atoms in total. The highest BCUT2D eigenvalue weighted by molar-refractivity contribution is 6.77. The Morgan fingerprint density at radius 1 is 1.10 bits per heavy atom. The summed E-state index contributed by atoms with van der Waals surface area (Å²) in [4.78, 5) is 14.8. The fourth-order valence-corrected chi connectivity index (χ4v) is 10.4. The average Bonchev–Trinajstić information content (AvgIpc) is 2.87. The van der Waals surface area contributed by atoms with Crippen LogP contribution in [0.1, 0.15) is 61.3 Å². The van der Waals surface area contributed by atoms with Crippen LogP contribution in [0.5, 0.6) is 0 Å². The summed E-state index contributed by atoms with van der Waals surface area (Å²) in [6.07, 6.45) is 1.90. The molecule has 0 aromatic heterocycles. The van der Waals surface area contributed by atoms with Crippen LogP contribution < -0.4 is 0 Å². The molecule has 2 rings (SSSR count). The van der Waals surface area contributed by atoms with Gasteiger partial charge in [0.05, 0.1) is 0 Å². The molecule has 2 heterocycles. The second kappa shape index (κ2) is 6.03. The summed E-state index contributed by atoms with van der Waals surface area (Å²) in [5.74, 6) is 0.902. The molecular formula is C17H33NO2Si. The highest BCUT2D eigenvalue weighted by Crippen LogP contribution is 2.45. The lowest BCUT2D eigenvalue weighted by molar-refractivity contribution is -0.134. The van der Waals surface area contributed by atoms with Gasteiger partial charge in [-0.15, -0.1) is 0 Å². The van der Waals surface area contributed by atoms with Crippen molar-refractivity contribution < 1.29 is 9.22 Å². The highest BCUT2D eigenvalue weighted by Gasteiger charge is 2.52. The summed E-state index contributed by atoms with van der Waals surface area (Å²) in [7, 11) is -1.95. The molecule has 0 radical (unpaired) electrons. The smallest absolute Gasteiger partial charge is 0.250 e. The molecule has 21 heavy (non-hydrogen) atoms. The number of rotatable bonds is 5. The summed E-state index contributed by atoms with van der Waals surface area (Å²) in [6, 6.07) is 0.431. The van der Waals surface area contributed by atoms with Crippen LogP contribution in [-0.2, 0) is 9.22 Å². The predicted octanol–water partition coefficient (Wildman–Crippen LogP) is 4.19. The molecule has 2 fully saturated rings. The van der Waals surface area contributed by atoms with E-state index in [0.29, 0.717) is 28.6 Å². The summed E-state index contributed by atoms with van der Waals surface area (Å²) >= 11 is 0. The Balaban J connectivity index is 2.20. The van der Waals surface area contributed by atoms with E-state index in [1.165, 1.54) is 0 Å². The van der Waals surface area contributed by atoms with Gasteiger partial charge in [-0.25, -0.2) is 0 Å². The number of carbonyl (C=O) groups is 1. The van der Waals surface area contributed by atoms with Gasteiger partial charge in [0.25, 0.3) is 5.91 Å². The number of carbonyl (C=O) groups excluding carboxylic acids is 1. The maximum atomic E-state index is 12.7. The molecule has 0 bridgehead atoms. The quantitative estimate of drug-likeness (QED) is 0.713. The normalized spacial score (nSPS) is 30.1. The minimum absolute atomic E-state index is 0.170. The molecule has 3 atom stereocenters. The van der Waals surface area contributed by atoms with Crippen LogP contribution in [0.2, 0.25) is 16.6 Å². The van der Waals surface area contributed by atoms with Crippen molar-refractivity contribution in [3.8, 4) is 0 Å². The van der Waals surface area contributed by atoms with Crippen LogP contribution in [0, 0.1) is 5.92 Å². The molecular weight excluding hydrogens is 278 g/mol. The van der Waals surface area contributed by atoms with E-state index >= 15 is 0 Å². The third-order valence-electron chi connectivity index (χ3n) is 5.95. The van der Waals surface area contributed by atoms with Gasteiger partial charge in [0, 0.05) is 19.0 Å². The van der Waals surface area contributed by atoms with E-state index in [4.69, 9.17) is 4.43 Å². The molecule has 0 aromatic rings. The Hall–Kier alpha value is -0.353. The fraction of sp³-hybridized carbons (Fsp3) is 0.941. The van der Waals surface area contributed by atoms with Gasteiger partial charge in [-0.2, -0.15) is 0 Å². The Bertz CT molecular complexity index is 372. The highest BCUT2D eigenvalue weighted by atomic mass is 28.4. The number of nitrogens with zero attached hydrogens (tertiary/aromatic N) is 1. The molecule has 1 amide bonds. The zero-order chi connectivity index (χ0) is 15.9. The minimum atomic E-state index is -1.95. The van der Waals surface area contributed by atoms with Gasteiger partial charge in [-0.05, 0) is 29.0 Å². The number of hydrogen-bond donors (Lipinski definition) is 0. The summed E-state index contributed by atoms with van der Waals surface area (Å²) < 4.78 is 6.73. The molecule has 122 valence electrons. The van der Waals surface area contributed by atoms with E-state index in [-0.39, 0.29) is 12.0 Å². The first-order valence-corrected chi connectivity index (χ1v) is 10.8. The standard InChI is InChI=1S/C17H33NO2Si/c1-11(2)21(12(3)4,13(5)6)20-16-10-15-14(7)8-9-18(15)17(16)19/h11-16H,8-10H2,1-7H3/t14-,15-,16-/m0/s1. The lowest BCUT2D eigenvalue weighted by atomic mass is 10.0. The van der Waals surface area contributed by atoms with Crippen molar-refractivity contribution in [3.63, 3.8) is 0 Å². The second-order valence-electron chi connectivity index (χ2n) is 8.02. The third kappa shape index (κ3) is 2.70. The Kier molecular flexibility index (Phi) is 4.89. The van der Waals surface area contributed by atoms with Gasteiger partial charge in [-0.3, -0.25) is 4.79 Å². The summed E-state index contributed by atoms with van der Waals surface area (Å²) in [6.45, 7) is 16.9. The first kappa shape index (κ1) is 17.0. The van der Waals surface area contributed by atoms with Gasteiger partial charge >= 0.3 is 0 Å². The molecule has 4 heteroatoms. The van der Waals surface area contributed by atoms with Crippen LogP contribution in [0.4, 0.5) is 0 Å². The fourth-order valence-electron chi connectivity index (χ4n) is 4.90. The van der Waals surface area contributed by atoms with Crippen LogP contribution in [0.15, 0.2) is 0 Å². The summed E-state index contributed by atoms with van der Waals surface area (Å²) in [5, 5.41) is 0. The molecule has 2 aliphatic rings. The first-order chi connectivity index (χ1) is 9.71. The molecule has 0 spiro atoms. The molecule has 0 saturated carbocycles. The number of hydrogen-bond acceptors (Lipinski definition) is 2. The van der Waals surface area contributed by atoms with E-state index in [2.05, 4.69) is 53.4 Å². The van der Waals surface area contributed by atoms with E-state index in [9.17, 15) is 4.79 Å². The molecule has 0 aromatic carbocycles. The third-order valence-corrected chi connectivity index (χ3v) is 12.1. The van der Waals surface area contributed by atoms with Gasteiger partial charge in [0.2, 0.25) is 8.32 Å². The van der Waals surface area contributed by atoms with Crippen LogP contribution in [0.3, 0.4) is 0 Å². The van der Waals surface area contributed by atoms with Crippen LogP contribution in [-0.4, -0.2) is 37.8 Å². The minimum Gasteiger partial charge on any atom is -0.404 e. The molecule has 0 unspecified atom stereocenters. The van der Waals surface area contributed by atoms with Crippen molar-refractivity contribution in [1.29, 1.82) is 0 Å². The Morgan fingerprint density at radius 2 is 1.62 bits per heavy atom. The maximum absolute atomic E-state index is 12.7. The zero-order valence-electron chi connectivity index (χ0n) is 14.8. The largest absolute Gasteiger partial charge is 0.404 e. The topological polar surface area (TPSA) is 29.5 Å². The van der Waals surface area contributed by atoms with Crippen molar-refractivity contribution >= 4 is 14.2 Å². The predicted molar refractivity (Wildman–Crippen MR) is 89.8 cm³/mol. The number of amides is 1. The second-order valence-corrected chi connectivity index (χ2v) is 13.4. The lowest BCUT2D eigenvalue weighted by Crippen LogP contribution is -2.51. The average molecular weight is 312 g/mol. The summed E-state index contributed by atoms with van der Waals surface area (Å²) in [5.41, 5.74) is 1.62. The van der Waals surface area contributed by atoms with Crippen molar-refractivity contribution in [2.24, 2.45) is 5.92 Å². The lowest BCUT2D eigenvalue weighted by Gasteiger charge is -2.43. The molecule has 2 saturated heterocycles. The van der Waals surface area contributed by atoms with Gasteiger partial charge in [-0.1, -0.05) is 48.5 Å². The SMILES string of the molecule is CC(C)[Si](O[C@H]1C[C@H]2[C@@H](C)CCN2C1=O)(C(C)C)C(C)C. The zero-order valence-corrected chi connectivity index (χ0v) is 15.8. The van der Waals surface area contributed by atoms with E-state index in [1.54, 1.807) is 0 Å². The van der Waals surface area contributed by atoms with Gasteiger partial charge in [0.15, 0.2) is 0 Å². The molecule has 0 N–H and O–H groups in total. The first-order valence-electron chi connectivity index (χ1n) is 8.70. The van der Waals surface area contributed by atoms with E-state index < -0.39 is 8.32 Å². The monoisotopic (exact) mass is 311 g/mol. The Morgan fingerprint density at radius 3 is 2.05 bits per heavy atom. The molecule has 2 aliphatic heterocycles. The van der Waals surface area contributed by atoms with Crippen LogP contribution >= 0.6 is 0 Å². The van der Waals surface area contributed by atoms with Gasteiger partial charge < -0.3 is 9.33 Å². The van der Waals surface area contributed by atoms with Crippen molar-refractivity contribution in [3.05, 3.63) is 0 Å². The van der Waals surface area contributed by atoms with E-state index in [0.717, 1.165) is 19.4 Å². The van der Waals surface area contributed by atoms with Crippen molar-refractivity contribution in [2.45, 2.75) is 90.1 Å². The van der Waals surface area contributed by atoms with Crippen molar-refractivity contribution in [2.75, 3.05) is 6.54 Å². The Labute approximate surface area is 131 Å². The maximum Gasteiger partial charge on any atom is 0.250 e.